The number of fused-ring (bicyclic) bond motifs is 11. The molecule has 0 amide bonds. The Morgan fingerprint density at radius 3 is 1.80 bits per heavy atom. The van der Waals surface area contributed by atoms with Crippen LogP contribution in [0.3, 0.4) is 0 Å². The SMILES string of the molecule is c1ccc(-c2nc(-c3ccc4c(c3)oc3ccccc34)nc(-c3cc4ccccc4c4oc5ccc(-n6c7ccccc7c7ccccc76)cc5c34)n2)cc1. The maximum absolute atomic E-state index is 6.79. The van der Waals surface area contributed by atoms with Gasteiger partial charge in [-0.05, 0) is 60.0 Å². The van der Waals surface area contributed by atoms with Crippen molar-refractivity contribution >= 4 is 76.5 Å². The Morgan fingerprint density at radius 2 is 1.00 bits per heavy atom. The molecule has 0 unspecified atom stereocenters. The van der Waals surface area contributed by atoms with Gasteiger partial charge in [0, 0.05) is 60.1 Å². The van der Waals surface area contributed by atoms with Crippen LogP contribution in [-0.4, -0.2) is 19.5 Å². The molecule has 0 saturated heterocycles. The van der Waals surface area contributed by atoms with Crippen LogP contribution in [-0.2, 0) is 0 Å². The summed E-state index contributed by atoms with van der Waals surface area (Å²) in [5, 5.41) is 8.58. The summed E-state index contributed by atoms with van der Waals surface area (Å²) in [6.45, 7) is 0. The molecule has 6 heteroatoms. The zero-order valence-electron chi connectivity index (χ0n) is 29.3. The number of hydrogen-bond donors (Lipinski definition) is 0. The molecule has 0 aliphatic carbocycles. The van der Waals surface area contributed by atoms with Crippen molar-refractivity contribution in [1.29, 1.82) is 0 Å². The first-order chi connectivity index (χ1) is 27.2. The highest BCUT2D eigenvalue weighted by atomic mass is 16.3. The lowest BCUT2D eigenvalue weighted by Gasteiger charge is -2.11. The van der Waals surface area contributed by atoms with Gasteiger partial charge in [-0.2, -0.15) is 0 Å². The lowest BCUT2D eigenvalue weighted by atomic mass is 9.99. The number of rotatable bonds is 4. The molecule has 6 nitrogen and oxygen atoms in total. The van der Waals surface area contributed by atoms with Crippen molar-refractivity contribution in [3.8, 4) is 39.9 Å². The standard InChI is InChI=1S/C49H28N4O2/c1-2-12-29(13-3-1)47-50-48(31-22-24-37-36-18-8-11-21-42(36)54-44(37)27-31)52-49(51-47)39-26-30-14-4-5-15-33(30)46-45(39)38-28-32(23-25-43(38)55-46)53-40-19-9-6-16-34(40)35-17-7-10-20-41(35)53/h1-28H. The maximum atomic E-state index is 6.79. The Morgan fingerprint density at radius 1 is 0.382 bits per heavy atom. The van der Waals surface area contributed by atoms with Gasteiger partial charge in [0.25, 0.3) is 0 Å². The van der Waals surface area contributed by atoms with Crippen LogP contribution in [0.5, 0.6) is 0 Å². The normalized spacial score (nSPS) is 12.0. The molecule has 0 saturated carbocycles. The van der Waals surface area contributed by atoms with Crippen LogP contribution in [0.4, 0.5) is 0 Å². The highest BCUT2D eigenvalue weighted by Gasteiger charge is 2.22. The predicted octanol–water partition coefficient (Wildman–Crippen LogP) is 12.9. The van der Waals surface area contributed by atoms with Crippen LogP contribution in [0.25, 0.3) is 116 Å². The Balaban J connectivity index is 1.14. The summed E-state index contributed by atoms with van der Waals surface area (Å²) in [5.74, 6) is 1.71. The summed E-state index contributed by atoms with van der Waals surface area (Å²) in [6, 6.07) is 58.6. The van der Waals surface area contributed by atoms with Gasteiger partial charge in [0.05, 0.1) is 11.0 Å². The van der Waals surface area contributed by atoms with E-state index in [0.29, 0.717) is 17.5 Å². The van der Waals surface area contributed by atoms with Crippen LogP contribution in [0.2, 0.25) is 0 Å². The molecule has 0 N–H and O–H groups in total. The van der Waals surface area contributed by atoms with Crippen molar-refractivity contribution in [3.63, 3.8) is 0 Å². The van der Waals surface area contributed by atoms with Gasteiger partial charge in [0.2, 0.25) is 0 Å². The van der Waals surface area contributed by atoms with Crippen molar-refractivity contribution in [3.05, 3.63) is 170 Å². The first-order valence-corrected chi connectivity index (χ1v) is 18.4. The minimum Gasteiger partial charge on any atom is -0.456 e. The van der Waals surface area contributed by atoms with Crippen molar-refractivity contribution < 1.29 is 8.83 Å². The van der Waals surface area contributed by atoms with Crippen LogP contribution in [0, 0.1) is 0 Å². The molecule has 0 bridgehead atoms. The van der Waals surface area contributed by atoms with E-state index in [2.05, 4.69) is 120 Å². The molecule has 256 valence electrons. The van der Waals surface area contributed by atoms with Gasteiger partial charge in [-0.15, -0.1) is 0 Å². The van der Waals surface area contributed by atoms with E-state index in [1.807, 2.05) is 54.6 Å². The molecular formula is C49H28N4O2. The lowest BCUT2D eigenvalue weighted by Crippen LogP contribution is -2.00. The predicted molar refractivity (Wildman–Crippen MR) is 223 cm³/mol. The Hall–Kier alpha value is -7.57. The molecule has 0 fully saturated rings. The molecule has 8 aromatic carbocycles. The second kappa shape index (κ2) is 11.5. The van der Waals surface area contributed by atoms with Crippen LogP contribution in [0.1, 0.15) is 0 Å². The third-order valence-electron chi connectivity index (χ3n) is 10.8. The molecule has 4 aromatic heterocycles. The largest absolute Gasteiger partial charge is 0.456 e. The average Bonchev–Trinajstić information content (AvgIpc) is 3.93. The molecule has 4 heterocycles. The van der Waals surface area contributed by atoms with E-state index in [1.165, 1.54) is 10.8 Å². The van der Waals surface area contributed by atoms with Crippen molar-refractivity contribution in [1.82, 2.24) is 19.5 Å². The topological polar surface area (TPSA) is 69.9 Å². The van der Waals surface area contributed by atoms with E-state index < -0.39 is 0 Å². The number of aromatic nitrogens is 4. The second-order valence-electron chi connectivity index (χ2n) is 14.0. The number of para-hydroxylation sites is 3. The first-order valence-electron chi connectivity index (χ1n) is 18.4. The number of nitrogens with zero attached hydrogens (tertiary/aromatic N) is 4. The fourth-order valence-electron chi connectivity index (χ4n) is 8.32. The van der Waals surface area contributed by atoms with Crippen LogP contribution < -0.4 is 0 Å². The number of benzene rings is 8. The maximum Gasteiger partial charge on any atom is 0.164 e. The molecule has 0 atom stereocenters. The van der Waals surface area contributed by atoms with E-state index in [-0.39, 0.29) is 0 Å². The zero-order valence-corrected chi connectivity index (χ0v) is 29.3. The molecule has 12 rings (SSSR count). The Kier molecular flexibility index (Phi) is 6.24. The summed E-state index contributed by atoms with van der Waals surface area (Å²) < 4.78 is 15.4. The van der Waals surface area contributed by atoms with Crippen molar-refractivity contribution in [2.24, 2.45) is 0 Å². The lowest BCUT2D eigenvalue weighted by molar-refractivity contribution is 0.669. The van der Waals surface area contributed by atoms with E-state index in [9.17, 15) is 0 Å². The molecule has 55 heavy (non-hydrogen) atoms. The second-order valence-corrected chi connectivity index (χ2v) is 14.0. The molecule has 0 spiro atoms. The van der Waals surface area contributed by atoms with Gasteiger partial charge < -0.3 is 13.4 Å². The van der Waals surface area contributed by atoms with Crippen molar-refractivity contribution in [2.45, 2.75) is 0 Å². The quantitative estimate of drug-likeness (QED) is 0.182. The van der Waals surface area contributed by atoms with Gasteiger partial charge >= 0.3 is 0 Å². The van der Waals surface area contributed by atoms with E-state index >= 15 is 0 Å². The summed E-state index contributed by atoms with van der Waals surface area (Å²) >= 11 is 0. The Bertz CT molecular complexity index is 3450. The first kappa shape index (κ1) is 29.9. The molecule has 0 aliphatic heterocycles. The van der Waals surface area contributed by atoms with Crippen molar-refractivity contribution in [2.75, 3.05) is 0 Å². The fraction of sp³-hybridized carbons (Fsp3) is 0. The summed E-state index contributed by atoms with van der Waals surface area (Å²) in [6.07, 6.45) is 0. The molecular weight excluding hydrogens is 677 g/mol. The van der Waals surface area contributed by atoms with E-state index in [4.69, 9.17) is 23.8 Å². The smallest absolute Gasteiger partial charge is 0.164 e. The molecule has 0 aliphatic rings. The van der Waals surface area contributed by atoms with Gasteiger partial charge in [0.1, 0.15) is 22.3 Å². The fourth-order valence-corrected chi connectivity index (χ4v) is 8.32. The third-order valence-corrected chi connectivity index (χ3v) is 10.8. The number of hydrogen-bond acceptors (Lipinski definition) is 5. The number of furan rings is 2. The zero-order chi connectivity index (χ0) is 36.0. The summed E-state index contributed by atoms with van der Waals surface area (Å²) in [4.78, 5) is 15.5. The van der Waals surface area contributed by atoms with Crippen LogP contribution in [0.15, 0.2) is 179 Å². The Labute approximate surface area is 313 Å². The van der Waals surface area contributed by atoms with E-state index in [0.717, 1.165) is 88.1 Å². The molecule has 12 aromatic rings. The van der Waals surface area contributed by atoms with E-state index in [1.54, 1.807) is 0 Å². The molecule has 0 radical (unpaired) electrons. The average molecular weight is 705 g/mol. The van der Waals surface area contributed by atoms with Gasteiger partial charge in [-0.1, -0.05) is 115 Å². The van der Waals surface area contributed by atoms with Gasteiger partial charge in [-0.25, -0.2) is 15.0 Å². The highest BCUT2D eigenvalue weighted by molar-refractivity contribution is 6.21. The van der Waals surface area contributed by atoms with Crippen LogP contribution >= 0.6 is 0 Å². The highest BCUT2D eigenvalue weighted by Crippen LogP contribution is 2.43. The minimum absolute atomic E-state index is 0.561. The minimum atomic E-state index is 0.561. The summed E-state index contributed by atoms with van der Waals surface area (Å²) in [5.41, 5.74) is 9.20. The third kappa shape index (κ3) is 4.52. The summed E-state index contributed by atoms with van der Waals surface area (Å²) in [7, 11) is 0. The van der Waals surface area contributed by atoms with Gasteiger partial charge in [-0.3, -0.25) is 0 Å². The monoisotopic (exact) mass is 704 g/mol. The van der Waals surface area contributed by atoms with Gasteiger partial charge in [0.15, 0.2) is 17.5 Å².